The van der Waals surface area contributed by atoms with Crippen molar-refractivity contribution in [2.45, 2.75) is 19.4 Å². The summed E-state index contributed by atoms with van der Waals surface area (Å²) in [6, 6.07) is 11.2. The number of benzene rings is 1. The van der Waals surface area contributed by atoms with E-state index in [0.717, 1.165) is 12.2 Å². The monoisotopic (exact) mass is 352 g/mol. The molecule has 0 bridgehead atoms. The van der Waals surface area contributed by atoms with E-state index in [2.05, 4.69) is 5.32 Å². The molecule has 24 heavy (non-hydrogen) atoms. The first kappa shape index (κ1) is 20.1. The lowest BCUT2D eigenvalue weighted by molar-refractivity contribution is -0.891. The van der Waals surface area contributed by atoms with Gasteiger partial charge in [0.15, 0.2) is 11.8 Å². The van der Waals surface area contributed by atoms with Gasteiger partial charge in [-0.2, -0.15) is 0 Å². The van der Waals surface area contributed by atoms with E-state index in [0.29, 0.717) is 24.5 Å². The Morgan fingerprint density at radius 3 is 2.62 bits per heavy atom. The minimum Gasteiger partial charge on any atom is -1.00 e. The highest BCUT2D eigenvalue weighted by atomic mass is 35.5. The van der Waals surface area contributed by atoms with Crippen molar-refractivity contribution in [3.05, 3.63) is 54.0 Å². The summed E-state index contributed by atoms with van der Waals surface area (Å²) >= 11 is 0. The van der Waals surface area contributed by atoms with Gasteiger partial charge < -0.3 is 31.8 Å². The third-order valence-corrected chi connectivity index (χ3v) is 3.64. The molecule has 0 spiro atoms. The highest BCUT2D eigenvalue weighted by Gasteiger charge is 2.22. The van der Waals surface area contributed by atoms with E-state index in [1.807, 2.05) is 51.4 Å². The van der Waals surface area contributed by atoms with Crippen LogP contribution in [0.2, 0.25) is 0 Å². The van der Waals surface area contributed by atoms with Crippen LogP contribution in [0.5, 0.6) is 5.75 Å². The second kappa shape index (κ2) is 10.0. The lowest BCUT2D eigenvalue weighted by Crippen LogP contribution is -3.07. The predicted octanol–water partition coefficient (Wildman–Crippen LogP) is -1.31. The smallest absolute Gasteiger partial charge is 0.255 e. The molecular weight excluding hydrogens is 328 g/mol. The molecule has 1 unspecified atom stereocenters. The number of ether oxygens (including phenoxy) is 1. The molecule has 0 fully saturated rings. The highest BCUT2D eigenvalue weighted by Crippen LogP contribution is 2.18. The zero-order chi connectivity index (χ0) is 16.7. The fourth-order valence-electron chi connectivity index (χ4n) is 2.36. The largest absolute Gasteiger partial charge is 1.00 e. The van der Waals surface area contributed by atoms with Crippen molar-refractivity contribution >= 4 is 5.91 Å². The lowest BCUT2D eigenvalue weighted by Gasteiger charge is -2.20. The Morgan fingerprint density at radius 1 is 1.25 bits per heavy atom. The molecule has 0 aliphatic heterocycles. The van der Waals surface area contributed by atoms with Crippen LogP contribution in [-0.4, -0.2) is 33.2 Å². The molecule has 1 atom stereocenters. The van der Waals surface area contributed by atoms with Gasteiger partial charge in [-0.3, -0.25) is 4.79 Å². The van der Waals surface area contributed by atoms with Crippen LogP contribution in [0, 0.1) is 0 Å². The van der Waals surface area contributed by atoms with E-state index < -0.39 is 0 Å². The van der Waals surface area contributed by atoms with Gasteiger partial charge in [0.05, 0.1) is 39.1 Å². The number of hydrogen-bond acceptors (Lipinski definition) is 3. The minimum absolute atomic E-state index is 0. The summed E-state index contributed by atoms with van der Waals surface area (Å²) in [5.41, 5.74) is 0.563. The quantitative estimate of drug-likeness (QED) is 0.620. The van der Waals surface area contributed by atoms with Crippen molar-refractivity contribution in [1.29, 1.82) is 0 Å². The van der Waals surface area contributed by atoms with Crippen LogP contribution in [-0.2, 0) is 0 Å². The molecule has 2 rings (SSSR count). The van der Waals surface area contributed by atoms with Gasteiger partial charge in [0, 0.05) is 0 Å². The van der Waals surface area contributed by atoms with Crippen molar-refractivity contribution in [3.63, 3.8) is 0 Å². The number of hydrogen-bond donors (Lipinski definition) is 2. The maximum absolute atomic E-state index is 12.5. The van der Waals surface area contributed by atoms with E-state index >= 15 is 0 Å². The average molecular weight is 353 g/mol. The number of quaternary nitrogens is 1. The number of nitrogens with one attached hydrogen (secondary N) is 2. The van der Waals surface area contributed by atoms with Crippen LogP contribution < -0.4 is 27.4 Å². The van der Waals surface area contributed by atoms with E-state index in [1.54, 1.807) is 12.3 Å². The SMILES string of the molecule is CCCOc1ccccc1C(=O)NCC(c1ccco1)[NH+](C)C.[Cl-]. The Morgan fingerprint density at radius 2 is 2.00 bits per heavy atom. The van der Waals surface area contributed by atoms with E-state index in [-0.39, 0.29) is 24.4 Å². The van der Waals surface area contributed by atoms with Gasteiger partial charge >= 0.3 is 0 Å². The Balaban J connectivity index is 0.00000288. The number of rotatable bonds is 8. The lowest BCUT2D eigenvalue weighted by atomic mass is 10.1. The average Bonchev–Trinajstić information content (AvgIpc) is 3.07. The summed E-state index contributed by atoms with van der Waals surface area (Å²) in [6.45, 7) is 3.13. The maximum Gasteiger partial charge on any atom is 0.255 e. The number of furan rings is 1. The number of carbonyl (C=O) groups excluding carboxylic acids is 1. The summed E-state index contributed by atoms with van der Waals surface area (Å²) in [6.07, 6.45) is 2.56. The molecule has 1 heterocycles. The molecule has 0 radical (unpaired) electrons. The number of likely N-dealkylation sites (N-methyl/N-ethyl adjacent to an activating group) is 1. The molecule has 1 amide bonds. The van der Waals surface area contributed by atoms with Crippen LogP contribution in [0.15, 0.2) is 47.1 Å². The van der Waals surface area contributed by atoms with Crippen molar-refractivity contribution in [2.75, 3.05) is 27.2 Å². The van der Waals surface area contributed by atoms with E-state index in [9.17, 15) is 4.79 Å². The molecule has 132 valence electrons. The first-order chi connectivity index (χ1) is 11.1. The van der Waals surface area contributed by atoms with Gasteiger partial charge in [0.25, 0.3) is 5.91 Å². The molecule has 5 nitrogen and oxygen atoms in total. The normalized spacial score (nSPS) is 11.7. The second-order valence-electron chi connectivity index (χ2n) is 5.70. The molecular formula is C18H25ClN2O3. The second-order valence-corrected chi connectivity index (χ2v) is 5.70. The maximum atomic E-state index is 12.5. The number of amides is 1. The Kier molecular flexibility index (Phi) is 8.36. The molecule has 2 N–H and O–H groups in total. The van der Waals surface area contributed by atoms with Gasteiger partial charge in [-0.05, 0) is 30.7 Å². The van der Waals surface area contributed by atoms with Crippen LogP contribution >= 0.6 is 0 Å². The fourth-order valence-corrected chi connectivity index (χ4v) is 2.36. The van der Waals surface area contributed by atoms with E-state index in [4.69, 9.17) is 9.15 Å². The molecule has 6 heteroatoms. The number of carbonyl (C=O) groups is 1. The standard InChI is InChI=1S/C18H24N2O3.ClH/c1-4-11-22-16-9-6-5-8-14(16)18(21)19-13-15(20(2)3)17-10-7-12-23-17;/h5-10,12,15H,4,11,13H2,1-3H3,(H,19,21);1H. The molecule has 0 saturated heterocycles. The molecule has 0 aliphatic carbocycles. The summed E-state index contributed by atoms with van der Waals surface area (Å²) in [7, 11) is 4.08. The van der Waals surface area contributed by atoms with Crippen molar-refractivity contribution in [3.8, 4) is 5.75 Å². The van der Waals surface area contributed by atoms with E-state index in [1.165, 1.54) is 4.90 Å². The summed E-state index contributed by atoms with van der Waals surface area (Å²) < 4.78 is 11.1. The summed E-state index contributed by atoms with van der Waals surface area (Å²) in [5.74, 6) is 1.36. The van der Waals surface area contributed by atoms with Crippen LogP contribution in [0.1, 0.15) is 35.5 Å². The summed E-state index contributed by atoms with van der Waals surface area (Å²) in [4.78, 5) is 13.7. The Hall–Kier alpha value is -1.98. The van der Waals surface area contributed by atoms with Crippen molar-refractivity contribution < 1.29 is 31.3 Å². The zero-order valence-electron chi connectivity index (χ0n) is 14.3. The molecule has 0 saturated carbocycles. The third kappa shape index (κ3) is 5.28. The molecule has 1 aromatic carbocycles. The topological polar surface area (TPSA) is 55.9 Å². The first-order valence-electron chi connectivity index (χ1n) is 7.97. The predicted molar refractivity (Wildman–Crippen MR) is 88.8 cm³/mol. The summed E-state index contributed by atoms with van der Waals surface area (Å²) in [5, 5.41) is 2.99. The fraction of sp³-hybridized carbons (Fsp3) is 0.389. The molecule has 2 aromatic rings. The minimum atomic E-state index is -0.130. The van der Waals surface area contributed by atoms with Gasteiger partial charge in [0.1, 0.15) is 5.75 Å². The zero-order valence-corrected chi connectivity index (χ0v) is 15.1. The van der Waals surface area contributed by atoms with Gasteiger partial charge in [-0.25, -0.2) is 0 Å². The molecule has 1 aromatic heterocycles. The van der Waals surface area contributed by atoms with Crippen molar-refractivity contribution in [1.82, 2.24) is 5.32 Å². The number of halogens is 1. The first-order valence-corrected chi connectivity index (χ1v) is 7.97. The number of para-hydroxylation sites is 1. The highest BCUT2D eigenvalue weighted by molar-refractivity contribution is 5.96. The van der Waals surface area contributed by atoms with Gasteiger partial charge in [0.2, 0.25) is 0 Å². The van der Waals surface area contributed by atoms with Gasteiger partial charge in [-0.15, -0.1) is 0 Å². The Bertz CT molecular complexity index is 614. The third-order valence-electron chi connectivity index (χ3n) is 3.64. The van der Waals surface area contributed by atoms with Gasteiger partial charge in [-0.1, -0.05) is 19.1 Å². The van der Waals surface area contributed by atoms with Crippen LogP contribution in [0.25, 0.3) is 0 Å². The Labute approximate surface area is 149 Å². The molecule has 0 aliphatic rings. The van der Waals surface area contributed by atoms with Crippen LogP contribution in [0.4, 0.5) is 0 Å². The van der Waals surface area contributed by atoms with Crippen molar-refractivity contribution in [2.24, 2.45) is 0 Å². The van der Waals surface area contributed by atoms with Crippen LogP contribution in [0.3, 0.4) is 0 Å².